The summed E-state index contributed by atoms with van der Waals surface area (Å²) in [6.07, 6.45) is 9.78. The lowest BCUT2D eigenvalue weighted by Gasteiger charge is -2.24. The van der Waals surface area contributed by atoms with E-state index in [1.807, 2.05) is 58.0 Å². The molecule has 3 aromatic rings. The van der Waals surface area contributed by atoms with Gasteiger partial charge in [0.1, 0.15) is 12.1 Å². The van der Waals surface area contributed by atoms with Crippen LogP contribution in [0, 0.1) is 12.7 Å². The van der Waals surface area contributed by atoms with Crippen molar-refractivity contribution in [1.82, 2.24) is 4.98 Å². The Kier molecular flexibility index (Phi) is 22.0. The van der Waals surface area contributed by atoms with Gasteiger partial charge in [0.15, 0.2) is 0 Å². The Hall–Kier alpha value is -4.13. The number of carbonyl (C=O) groups excluding carboxylic acids is 2. The number of benzene rings is 2. The Bertz CT molecular complexity index is 1300. The molecule has 0 atom stereocenters. The second-order valence-electron chi connectivity index (χ2n) is 10.1. The molecule has 0 saturated heterocycles. The smallest absolute Gasteiger partial charge is 0.255 e. The lowest BCUT2D eigenvalue weighted by Crippen LogP contribution is -2.25. The van der Waals surface area contributed by atoms with Gasteiger partial charge in [-0.05, 0) is 81.7 Å². The van der Waals surface area contributed by atoms with E-state index in [1.165, 1.54) is 19.4 Å². The normalized spacial score (nSPS) is 9.91. The molecule has 1 heterocycles. The lowest BCUT2D eigenvalue weighted by atomic mass is 10.1. The number of hydrogen-bond donors (Lipinski definition) is 3. The van der Waals surface area contributed by atoms with E-state index in [-0.39, 0.29) is 11.7 Å². The molecular weight excluding hydrogens is 563 g/mol. The van der Waals surface area contributed by atoms with Crippen molar-refractivity contribution >= 4 is 35.3 Å². The number of nitrogens with one attached hydrogen (secondary N) is 3. The second kappa shape index (κ2) is 24.2. The summed E-state index contributed by atoms with van der Waals surface area (Å²) < 4.78 is 14.0. The highest BCUT2D eigenvalue weighted by atomic mass is 19.1. The summed E-state index contributed by atoms with van der Waals surface area (Å²) in [4.78, 5) is 27.8. The molecular formula is C38H57FN4O2. The number of aldehydes is 1. The summed E-state index contributed by atoms with van der Waals surface area (Å²) >= 11 is 0. The summed E-state index contributed by atoms with van der Waals surface area (Å²) in [5.74, 6) is -0.501. The summed E-state index contributed by atoms with van der Waals surface area (Å²) in [7, 11) is 0. The molecule has 6 nitrogen and oxygen atoms in total. The molecule has 0 saturated carbocycles. The molecule has 0 radical (unpaired) electrons. The molecule has 0 bridgehead atoms. The number of hydrogen-bond acceptors (Lipinski definition) is 4. The van der Waals surface area contributed by atoms with Gasteiger partial charge in [0, 0.05) is 47.0 Å². The fraction of sp³-hybridized carbons (Fsp3) is 0.421. The van der Waals surface area contributed by atoms with Gasteiger partial charge >= 0.3 is 0 Å². The van der Waals surface area contributed by atoms with Gasteiger partial charge in [-0.1, -0.05) is 80.0 Å². The maximum Gasteiger partial charge on any atom is 0.255 e. The van der Waals surface area contributed by atoms with Crippen LogP contribution in [0.4, 0.5) is 21.5 Å². The molecule has 1 aromatic heterocycles. The van der Waals surface area contributed by atoms with Crippen molar-refractivity contribution in [2.75, 3.05) is 28.6 Å². The summed E-state index contributed by atoms with van der Waals surface area (Å²) in [6.45, 7) is 24.1. The number of amides is 1. The maximum atomic E-state index is 14.0. The fourth-order valence-electron chi connectivity index (χ4n) is 4.28. The highest BCUT2D eigenvalue weighted by molar-refractivity contribution is 6.06. The van der Waals surface area contributed by atoms with Crippen LogP contribution in [0.5, 0.6) is 0 Å². The molecule has 0 aliphatic heterocycles. The first kappa shape index (κ1) is 40.9. The number of allylic oxidation sites excluding steroid dienone is 1. The Morgan fingerprint density at radius 3 is 2.09 bits per heavy atom. The predicted molar refractivity (Wildman–Crippen MR) is 194 cm³/mol. The van der Waals surface area contributed by atoms with Crippen LogP contribution < -0.4 is 15.5 Å². The largest absolute Gasteiger partial charge is 0.372 e. The van der Waals surface area contributed by atoms with Gasteiger partial charge < -0.3 is 25.3 Å². The number of halogens is 1. The van der Waals surface area contributed by atoms with Crippen LogP contribution in [0.3, 0.4) is 0 Å². The monoisotopic (exact) mass is 620 g/mol. The van der Waals surface area contributed by atoms with E-state index in [2.05, 4.69) is 54.8 Å². The van der Waals surface area contributed by atoms with E-state index < -0.39 is 0 Å². The van der Waals surface area contributed by atoms with Crippen LogP contribution in [-0.2, 0) is 11.2 Å². The molecule has 0 unspecified atom stereocenters. The topological polar surface area (TPSA) is 77.2 Å². The SMILES string of the molecule is C=C(/C=C\c1c(C)[nH]c(CC)c1NC(=O)c1ccc(N(CCC)CCCC)cc1)Nc1ccccc1F.CC.CC=O.CCC. The lowest BCUT2D eigenvalue weighted by molar-refractivity contribution is -0.106. The van der Waals surface area contributed by atoms with Gasteiger partial charge in [0.25, 0.3) is 5.91 Å². The van der Waals surface area contributed by atoms with Crippen LogP contribution in [0.2, 0.25) is 0 Å². The van der Waals surface area contributed by atoms with Gasteiger partial charge in [-0.25, -0.2) is 4.39 Å². The Morgan fingerprint density at radius 2 is 1.56 bits per heavy atom. The maximum absolute atomic E-state index is 14.0. The fourth-order valence-corrected chi connectivity index (χ4v) is 4.28. The molecule has 7 heteroatoms. The number of aryl methyl sites for hydroxylation is 2. The summed E-state index contributed by atoms with van der Waals surface area (Å²) in [6, 6.07) is 14.3. The van der Waals surface area contributed by atoms with Crippen molar-refractivity contribution in [3.05, 3.63) is 95.2 Å². The van der Waals surface area contributed by atoms with E-state index in [9.17, 15) is 9.18 Å². The van der Waals surface area contributed by atoms with Crippen molar-refractivity contribution in [3.8, 4) is 0 Å². The molecule has 2 aromatic carbocycles. The second-order valence-corrected chi connectivity index (χ2v) is 10.1. The van der Waals surface area contributed by atoms with Crippen molar-refractivity contribution in [3.63, 3.8) is 0 Å². The predicted octanol–water partition coefficient (Wildman–Crippen LogP) is 10.6. The minimum atomic E-state index is -0.342. The van der Waals surface area contributed by atoms with Gasteiger partial charge in [-0.2, -0.15) is 0 Å². The first-order valence-electron chi connectivity index (χ1n) is 16.4. The molecule has 0 spiro atoms. The van der Waals surface area contributed by atoms with E-state index in [4.69, 9.17) is 4.79 Å². The number of aromatic nitrogens is 1. The minimum absolute atomic E-state index is 0.159. The quantitative estimate of drug-likeness (QED) is 0.131. The van der Waals surface area contributed by atoms with Gasteiger partial charge in [-0.3, -0.25) is 4.79 Å². The molecule has 248 valence electrons. The highest BCUT2D eigenvalue weighted by Crippen LogP contribution is 2.28. The average molecular weight is 621 g/mol. The third-order valence-electron chi connectivity index (χ3n) is 6.30. The third kappa shape index (κ3) is 14.5. The standard InChI is InChI=1S/C31H39FN4O.C3H8.C2H4O.C2H6/c1-6-9-21-36(20-7-2)25-17-15-24(16-18-25)31(37)35-30-26(23(5)34-28(30)8-3)19-14-22(4)33-29-13-11-10-12-27(29)32;1-3-2;1-2-3;1-2/h10-19,33-34H,4,6-9,20-21H2,1-3,5H3,(H,35,37);3H2,1-2H3;2H,1H3;1-2H3/b19-14-;;;. The molecule has 0 aliphatic rings. The third-order valence-corrected chi connectivity index (χ3v) is 6.30. The van der Waals surface area contributed by atoms with Crippen LogP contribution in [-0.4, -0.2) is 30.3 Å². The molecule has 0 aliphatic carbocycles. The molecule has 3 rings (SSSR count). The first-order chi connectivity index (χ1) is 21.7. The number of anilines is 3. The van der Waals surface area contributed by atoms with E-state index in [0.29, 0.717) is 16.9 Å². The molecule has 1 amide bonds. The molecule has 45 heavy (non-hydrogen) atoms. The van der Waals surface area contributed by atoms with Crippen molar-refractivity contribution in [2.45, 2.75) is 94.4 Å². The zero-order valence-electron chi connectivity index (χ0n) is 29.1. The Morgan fingerprint density at radius 1 is 0.956 bits per heavy atom. The number of aromatic amines is 1. The molecule has 0 fully saturated rings. The number of carbonyl (C=O) groups is 2. The minimum Gasteiger partial charge on any atom is -0.372 e. The van der Waals surface area contributed by atoms with E-state index >= 15 is 0 Å². The number of rotatable bonds is 13. The van der Waals surface area contributed by atoms with Crippen molar-refractivity contribution < 1.29 is 14.0 Å². The molecule has 3 N–H and O–H groups in total. The van der Waals surface area contributed by atoms with Crippen LogP contribution >= 0.6 is 0 Å². The van der Waals surface area contributed by atoms with Crippen LogP contribution in [0.1, 0.15) is 108 Å². The zero-order valence-corrected chi connectivity index (χ0v) is 29.1. The van der Waals surface area contributed by atoms with E-state index in [1.54, 1.807) is 24.3 Å². The first-order valence-corrected chi connectivity index (χ1v) is 16.4. The average Bonchev–Trinajstić information content (AvgIpc) is 3.34. The van der Waals surface area contributed by atoms with Gasteiger partial charge in [0.2, 0.25) is 0 Å². The van der Waals surface area contributed by atoms with Gasteiger partial charge in [-0.15, -0.1) is 0 Å². The summed E-state index contributed by atoms with van der Waals surface area (Å²) in [5, 5.41) is 6.10. The number of para-hydroxylation sites is 1. The van der Waals surface area contributed by atoms with Crippen LogP contribution in [0.15, 0.2) is 66.9 Å². The van der Waals surface area contributed by atoms with Crippen molar-refractivity contribution in [1.29, 1.82) is 0 Å². The summed E-state index contributed by atoms with van der Waals surface area (Å²) in [5.41, 5.74) is 6.15. The zero-order chi connectivity index (χ0) is 34.2. The van der Waals surface area contributed by atoms with Crippen LogP contribution in [0.25, 0.3) is 6.08 Å². The Balaban J connectivity index is 0.00000220. The van der Waals surface area contributed by atoms with Crippen molar-refractivity contribution in [2.24, 2.45) is 0 Å². The van der Waals surface area contributed by atoms with Gasteiger partial charge in [0.05, 0.1) is 11.4 Å². The van der Waals surface area contributed by atoms with E-state index in [0.717, 1.165) is 73.4 Å². The highest BCUT2D eigenvalue weighted by Gasteiger charge is 2.16. The number of unbranched alkanes of at least 4 members (excludes halogenated alkanes) is 1. The Labute approximate surface area is 272 Å². The number of nitrogens with zero attached hydrogens (tertiary/aromatic N) is 1. The number of H-pyrrole nitrogens is 1.